The zero-order valence-corrected chi connectivity index (χ0v) is 13.1. The Kier molecular flexibility index (Phi) is 4.46. The fourth-order valence-corrected chi connectivity index (χ4v) is 2.21. The Morgan fingerprint density at radius 3 is 2.33 bits per heavy atom. The first kappa shape index (κ1) is 15.3. The molecule has 2 nitrogen and oxygen atoms in total. The van der Waals surface area contributed by atoms with Crippen LogP contribution in [0.4, 0.5) is 0 Å². The minimum absolute atomic E-state index is 0.00367. The molecule has 0 unspecified atom stereocenters. The molecule has 0 spiro atoms. The van der Waals surface area contributed by atoms with E-state index in [1.165, 1.54) is 5.56 Å². The molecule has 21 heavy (non-hydrogen) atoms. The second-order valence-electron chi connectivity index (χ2n) is 6.33. The van der Waals surface area contributed by atoms with Crippen LogP contribution < -0.4 is 4.74 Å². The number of hydrogen-bond acceptors (Lipinski definition) is 2. The van der Waals surface area contributed by atoms with Gasteiger partial charge < -0.3 is 4.74 Å². The zero-order valence-electron chi connectivity index (χ0n) is 13.1. The maximum absolute atomic E-state index is 12.1. The van der Waals surface area contributed by atoms with Gasteiger partial charge in [-0.3, -0.25) is 4.79 Å². The van der Waals surface area contributed by atoms with E-state index in [4.69, 9.17) is 4.74 Å². The third-order valence-electron chi connectivity index (χ3n) is 3.40. The van der Waals surface area contributed by atoms with Gasteiger partial charge >= 0.3 is 0 Å². The molecule has 0 aliphatic carbocycles. The molecular formula is C19H22O2. The molecule has 2 rings (SSSR count). The molecule has 0 aliphatic rings. The number of Topliss-reactive ketones (excluding diaryl/α,β-unsaturated/α-hetero) is 1. The molecule has 2 aromatic rings. The summed E-state index contributed by atoms with van der Waals surface area (Å²) in [5.74, 6) is 0.786. The van der Waals surface area contributed by atoms with Crippen LogP contribution in [0.3, 0.4) is 0 Å². The van der Waals surface area contributed by atoms with E-state index < -0.39 is 0 Å². The quantitative estimate of drug-likeness (QED) is 0.769. The summed E-state index contributed by atoms with van der Waals surface area (Å²) in [6.45, 7) is 8.57. The number of rotatable bonds is 4. The second-order valence-corrected chi connectivity index (χ2v) is 6.33. The van der Waals surface area contributed by atoms with Crippen LogP contribution in [0.1, 0.15) is 42.3 Å². The van der Waals surface area contributed by atoms with Gasteiger partial charge in [-0.25, -0.2) is 0 Å². The Bertz CT molecular complexity index is 622. The standard InChI is InChI=1S/C19H22O2/c1-14-10-11-18(16(12-14)19(2,3)4)21-13-17(20)15-8-6-5-7-9-15/h5-12H,13H2,1-4H3. The molecule has 0 amide bonds. The van der Waals surface area contributed by atoms with Crippen molar-refractivity contribution >= 4 is 5.78 Å². The van der Waals surface area contributed by atoms with Crippen molar-refractivity contribution in [3.63, 3.8) is 0 Å². The van der Waals surface area contributed by atoms with Gasteiger partial charge in [-0.1, -0.05) is 68.8 Å². The summed E-state index contributed by atoms with van der Waals surface area (Å²) in [6.07, 6.45) is 0. The van der Waals surface area contributed by atoms with Crippen molar-refractivity contribution in [2.45, 2.75) is 33.1 Å². The Hall–Kier alpha value is -2.09. The van der Waals surface area contributed by atoms with Gasteiger partial charge in [-0.05, 0) is 24.0 Å². The van der Waals surface area contributed by atoms with Crippen molar-refractivity contribution in [2.75, 3.05) is 6.61 Å². The van der Waals surface area contributed by atoms with Gasteiger partial charge in [0.25, 0.3) is 0 Å². The third kappa shape index (κ3) is 3.94. The van der Waals surface area contributed by atoms with Crippen molar-refractivity contribution < 1.29 is 9.53 Å². The van der Waals surface area contributed by atoms with Crippen LogP contribution in [-0.2, 0) is 5.41 Å². The molecule has 110 valence electrons. The number of carbonyl (C=O) groups is 1. The number of aryl methyl sites for hydroxylation is 1. The van der Waals surface area contributed by atoms with Gasteiger partial charge in [-0.15, -0.1) is 0 Å². The molecule has 0 fully saturated rings. The number of ketones is 1. The molecule has 0 N–H and O–H groups in total. The largest absolute Gasteiger partial charge is 0.485 e. The molecule has 0 radical (unpaired) electrons. The van der Waals surface area contributed by atoms with Gasteiger partial charge in [0.2, 0.25) is 0 Å². The van der Waals surface area contributed by atoms with Crippen molar-refractivity contribution in [1.82, 2.24) is 0 Å². The Balaban J connectivity index is 2.16. The van der Waals surface area contributed by atoms with Crippen molar-refractivity contribution in [3.8, 4) is 5.75 Å². The molecular weight excluding hydrogens is 260 g/mol. The molecule has 2 aromatic carbocycles. The average Bonchev–Trinajstić information content (AvgIpc) is 2.45. The summed E-state index contributed by atoms with van der Waals surface area (Å²) in [6, 6.07) is 15.3. The van der Waals surface area contributed by atoms with Crippen LogP contribution in [0.15, 0.2) is 48.5 Å². The van der Waals surface area contributed by atoms with E-state index >= 15 is 0 Å². The minimum atomic E-state index is -0.0167. The molecule has 0 aromatic heterocycles. The summed E-state index contributed by atoms with van der Waals surface area (Å²) in [4.78, 5) is 12.1. The highest BCUT2D eigenvalue weighted by Gasteiger charge is 2.19. The first-order valence-corrected chi connectivity index (χ1v) is 7.20. The summed E-state index contributed by atoms with van der Waals surface area (Å²) in [7, 11) is 0. The lowest BCUT2D eigenvalue weighted by Gasteiger charge is -2.23. The lowest BCUT2D eigenvalue weighted by molar-refractivity contribution is 0.0920. The molecule has 0 atom stereocenters. The maximum atomic E-state index is 12.1. The number of hydrogen-bond donors (Lipinski definition) is 0. The van der Waals surface area contributed by atoms with E-state index in [-0.39, 0.29) is 17.8 Å². The van der Waals surface area contributed by atoms with E-state index in [2.05, 4.69) is 33.8 Å². The molecule has 0 saturated carbocycles. The van der Waals surface area contributed by atoms with E-state index in [0.29, 0.717) is 5.56 Å². The average molecular weight is 282 g/mol. The third-order valence-corrected chi connectivity index (χ3v) is 3.40. The highest BCUT2D eigenvalue weighted by atomic mass is 16.5. The molecule has 0 bridgehead atoms. The van der Waals surface area contributed by atoms with Gasteiger partial charge in [0, 0.05) is 5.56 Å². The van der Waals surface area contributed by atoms with Crippen molar-refractivity contribution in [1.29, 1.82) is 0 Å². The first-order chi connectivity index (χ1) is 9.88. The first-order valence-electron chi connectivity index (χ1n) is 7.20. The lowest BCUT2D eigenvalue weighted by Crippen LogP contribution is -2.17. The van der Waals surface area contributed by atoms with Crippen LogP contribution in [-0.4, -0.2) is 12.4 Å². The summed E-state index contributed by atoms with van der Waals surface area (Å²) < 4.78 is 5.79. The smallest absolute Gasteiger partial charge is 0.200 e. The summed E-state index contributed by atoms with van der Waals surface area (Å²) >= 11 is 0. The fraction of sp³-hybridized carbons (Fsp3) is 0.316. The predicted molar refractivity (Wildman–Crippen MR) is 86.1 cm³/mol. The van der Waals surface area contributed by atoms with Gasteiger partial charge in [0.15, 0.2) is 12.4 Å². The normalized spacial score (nSPS) is 11.2. The Morgan fingerprint density at radius 1 is 1.05 bits per heavy atom. The van der Waals surface area contributed by atoms with Gasteiger partial charge in [-0.2, -0.15) is 0 Å². The van der Waals surface area contributed by atoms with Crippen LogP contribution in [0.5, 0.6) is 5.75 Å². The summed E-state index contributed by atoms with van der Waals surface area (Å²) in [5.41, 5.74) is 2.99. The molecule has 0 aliphatic heterocycles. The van der Waals surface area contributed by atoms with Crippen LogP contribution >= 0.6 is 0 Å². The van der Waals surface area contributed by atoms with Crippen LogP contribution in [0, 0.1) is 6.92 Å². The van der Waals surface area contributed by atoms with E-state index in [1.54, 1.807) is 0 Å². The Labute approximate surface area is 126 Å². The molecule has 2 heteroatoms. The predicted octanol–water partition coefficient (Wildman–Crippen LogP) is 4.55. The zero-order chi connectivity index (χ0) is 15.5. The van der Waals surface area contributed by atoms with Crippen molar-refractivity contribution in [2.24, 2.45) is 0 Å². The van der Waals surface area contributed by atoms with E-state index in [9.17, 15) is 4.79 Å². The minimum Gasteiger partial charge on any atom is -0.485 e. The number of carbonyl (C=O) groups excluding carboxylic acids is 1. The topological polar surface area (TPSA) is 26.3 Å². The molecule has 0 saturated heterocycles. The number of ether oxygens (including phenoxy) is 1. The van der Waals surface area contributed by atoms with Gasteiger partial charge in [0.1, 0.15) is 5.75 Å². The van der Waals surface area contributed by atoms with Crippen LogP contribution in [0.25, 0.3) is 0 Å². The van der Waals surface area contributed by atoms with Crippen LogP contribution in [0.2, 0.25) is 0 Å². The SMILES string of the molecule is Cc1ccc(OCC(=O)c2ccccc2)c(C(C)(C)C)c1. The second kappa shape index (κ2) is 6.13. The summed E-state index contributed by atoms with van der Waals surface area (Å²) in [5, 5.41) is 0. The monoisotopic (exact) mass is 282 g/mol. The highest BCUT2D eigenvalue weighted by molar-refractivity contribution is 5.97. The van der Waals surface area contributed by atoms with Crippen molar-refractivity contribution in [3.05, 3.63) is 65.2 Å². The Morgan fingerprint density at radius 2 is 1.71 bits per heavy atom. The van der Waals surface area contributed by atoms with Gasteiger partial charge in [0.05, 0.1) is 0 Å². The fourth-order valence-electron chi connectivity index (χ4n) is 2.21. The van der Waals surface area contributed by atoms with E-state index in [1.807, 2.05) is 42.5 Å². The maximum Gasteiger partial charge on any atom is 0.200 e. The molecule has 0 heterocycles. The highest BCUT2D eigenvalue weighted by Crippen LogP contribution is 2.32. The lowest BCUT2D eigenvalue weighted by atomic mass is 9.85. The number of benzene rings is 2. The van der Waals surface area contributed by atoms with E-state index in [0.717, 1.165) is 11.3 Å².